The van der Waals surface area contributed by atoms with E-state index >= 15 is 0 Å². The van der Waals surface area contributed by atoms with Crippen molar-refractivity contribution >= 4 is 17.3 Å². The number of anilines is 2. The fraction of sp³-hybridized carbons (Fsp3) is 0.290. The average Bonchev–Trinajstić information content (AvgIpc) is 3.40. The third-order valence-electron chi connectivity index (χ3n) is 7.05. The topological polar surface area (TPSA) is 61.6 Å². The van der Waals surface area contributed by atoms with Gasteiger partial charge in [0, 0.05) is 62.5 Å². The molecule has 2 heterocycles. The van der Waals surface area contributed by atoms with Gasteiger partial charge in [0.2, 0.25) is 5.91 Å². The second-order valence-corrected chi connectivity index (χ2v) is 9.76. The van der Waals surface area contributed by atoms with Crippen LogP contribution in [0, 0.1) is 13.8 Å². The summed E-state index contributed by atoms with van der Waals surface area (Å²) in [7, 11) is 0. The van der Waals surface area contributed by atoms with Crippen LogP contribution in [-0.2, 0) is 17.8 Å². The van der Waals surface area contributed by atoms with Crippen molar-refractivity contribution < 1.29 is 9.21 Å². The van der Waals surface area contributed by atoms with Crippen molar-refractivity contribution in [2.75, 3.05) is 36.4 Å². The molecule has 1 aromatic heterocycles. The molecule has 0 aliphatic carbocycles. The van der Waals surface area contributed by atoms with Crippen LogP contribution in [0.25, 0.3) is 11.3 Å². The first-order valence-electron chi connectivity index (χ1n) is 13.0. The SMILES string of the molecule is Cc1ccc(-c2cnc(CCC(=O)Nc3ccc(N4CCN(Cc5ccccc5)CC4)cc3)o2)cc1C. The Morgan fingerprint density at radius 2 is 1.68 bits per heavy atom. The Labute approximate surface area is 218 Å². The van der Waals surface area contributed by atoms with Gasteiger partial charge in [-0.1, -0.05) is 42.5 Å². The maximum atomic E-state index is 12.5. The van der Waals surface area contributed by atoms with E-state index in [4.69, 9.17) is 4.42 Å². The van der Waals surface area contributed by atoms with Crippen LogP contribution in [0.1, 0.15) is 29.0 Å². The molecule has 1 amide bonds. The monoisotopic (exact) mass is 494 g/mol. The van der Waals surface area contributed by atoms with Crippen LogP contribution < -0.4 is 10.2 Å². The third kappa shape index (κ3) is 6.46. The van der Waals surface area contributed by atoms with Crippen LogP contribution in [0.3, 0.4) is 0 Å². The zero-order valence-corrected chi connectivity index (χ0v) is 21.6. The van der Waals surface area contributed by atoms with Gasteiger partial charge in [-0.3, -0.25) is 9.69 Å². The van der Waals surface area contributed by atoms with Crippen LogP contribution in [0.5, 0.6) is 0 Å². The number of hydrogen-bond acceptors (Lipinski definition) is 5. The minimum Gasteiger partial charge on any atom is -0.441 e. The molecule has 4 aromatic rings. The van der Waals surface area contributed by atoms with Gasteiger partial charge in [-0.25, -0.2) is 4.98 Å². The standard InChI is InChI=1S/C31H34N4O2/c1-23-8-9-26(20-24(23)2)29-21-32-31(37-29)15-14-30(36)33-27-10-12-28(13-11-27)35-18-16-34(17-19-35)22-25-6-4-3-5-7-25/h3-13,20-21H,14-19,22H2,1-2H3,(H,33,36). The van der Waals surface area contributed by atoms with Crippen molar-refractivity contribution in [2.24, 2.45) is 0 Å². The Morgan fingerprint density at radius 1 is 0.919 bits per heavy atom. The molecule has 1 fully saturated rings. The van der Waals surface area contributed by atoms with Crippen LogP contribution in [-0.4, -0.2) is 42.0 Å². The molecule has 37 heavy (non-hydrogen) atoms. The largest absolute Gasteiger partial charge is 0.441 e. The van der Waals surface area contributed by atoms with E-state index in [9.17, 15) is 4.79 Å². The van der Waals surface area contributed by atoms with Gasteiger partial charge in [-0.2, -0.15) is 0 Å². The molecule has 0 saturated carbocycles. The van der Waals surface area contributed by atoms with E-state index in [0.29, 0.717) is 18.7 Å². The second-order valence-electron chi connectivity index (χ2n) is 9.76. The Morgan fingerprint density at radius 3 is 2.41 bits per heavy atom. The summed E-state index contributed by atoms with van der Waals surface area (Å²) in [6.45, 7) is 9.25. The summed E-state index contributed by atoms with van der Waals surface area (Å²) in [6, 6.07) is 25.0. The number of amides is 1. The van der Waals surface area contributed by atoms with E-state index in [-0.39, 0.29) is 5.91 Å². The van der Waals surface area contributed by atoms with Crippen LogP contribution in [0.2, 0.25) is 0 Å². The molecule has 1 N–H and O–H groups in total. The zero-order valence-electron chi connectivity index (χ0n) is 21.6. The van der Waals surface area contributed by atoms with Gasteiger partial charge in [0.05, 0.1) is 6.20 Å². The van der Waals surface area contributed by atoms with Crippen LogP contribution >= 0.6 is 0 Å². The number of carbonyl (C=O) groups is 1. The second kappa shape index (κ2) is 11.4. The van der Waals surface area contributed by atoms with Gasteiger partial charge in [-0.15, -0.1) is 0 Å². The Kier molecular flexibility index (Phi) is 7.66. The lowest BCUT2D eigenvalue weighted by Crippen LogP contribution is -2.45. The van der Waals surface area contributed by atoms with E-state index in [2.05, 4.69) is 88.5 Å². The number of oxazole rings is 1. The first-order chi connectivity index (χ1) is 18.0. The predicted molar refractivity (Wildman–Crippen MR) is 149 cm³/mol. The maximum absolute atomic E-state index is 12.5. The van der Waals surface area contributed by atoms with E-state index < -0.39 is 0 Å². The molecule has 3 aromatic carbocycles. The van der Waals surface area contributed by atoms with E-state index in [0.717, 1.165) is 49.7 Å². The van der Waals surface area contributed by atoms with Crippen molar-refractivity contribution in [3.63, 3.8) is 0 Å². The fourth-order valence-electron chi connectivity index (χ4n) is 4.66. The number of carbonyl (C=O) groups excluding carboxylic acids is 1. The number of hydrogen-bond donors (Lipinski definition) is 1. The minimum atomic E-state index is -0.0480. The third-order valence-corrected chi connectivity index (χ3v) is 7.05. The van der Waals surface area contributed by atoms with Crippen LogP contribution in [0.15, 0.2) is 83.4 Å². The Bertz CT molecular complexity index is 1320. The van der Waals surface area contributed by atoms with Crippen molar-refractivity contribution in [1.29, 1.82) is 0 Å². The van der Waals surface area contributed by atoms with Gasteiger partial charge in [0.15, 0.2) is 11.7 Å². The van der Waals surface area contributed by atoms with Crippen molar-refractivity contribution in [3.05, 3.63) is 102 Å². The Balaban J connectivity index is 1.08. The first-order valence-corrected chi connectivity index (χ1v) is 13.0. The predicted octanol–water partition coefficient (Wildman–Crippen LogP) is 5.85. The quantitative estimate of drug-likeness (QED) is 0.333. The van der Waals surface area contributed by atoms with Crippen molar-refractivity contribution in [2.45, 2.75) is 33.2 Å². The molecule has 1 aliphatic heterocycles. The fourth-order valence-corrected chi connectivity index (χ4v) is 4.66. The van der Waals surface area contributed by atoms with E-state index in [1.165, 1.54) is 22.4 Å². The zero-order chi connectivity index (χ0) is 25.6. The summed E-state index contributed by atoms with van der Waals surface area (Å²) in [6.07, 6.45) is 2.51. The highest BCUT2D eigenvalue weighted by Gasteiger charge is 2.17. The molecule has 190 valence electrons. The molecule has 0 bridgehead atoms. The first kappa shape index (κ1) is 24.8. The van der Waals surface area contributed by atoms with E-state index in [1.54, 1.807) is 6.20 Å². The highest BCUT2D eigenvalue weighted by atomic mass is 16.4. The molecule has 6 nitrogen and oxygen atoms in total. The molecular weight excluding hydrogens is 460 g/mol. The van der Waals surface area contributed by atoms with E-state index in [1.807, 2.05) is 18.2 Å². The highest BCUT2D eigenvalue weighted by Crippen LogP contribution is 2.24. The summed E-state index contributed by atoms with van der Waals surface area (Å²) in [4.78, 5) is 21.8. The summed E-state index contributed by atoms with van der Waals surface area (Å²) in [5.41, 5.74) is 6.82. The molecule has 0 spiro atoms. The lowest BCUT2D eigenvalue weighted by atomic mass is 10.1. The summed E-state index contributed by atoms with van der Waals surface area (Å²) < 4.78 is 5.89. The molecule has 1 aliphatic rings. The lowest BCUT2D eigenvalue weighted by Gasteiger charge is -2.36. The van der Waals surface area contributed by atoms with Crippen molar-refractivity contribution in [3.8, 4) is 11.3 Å². The summed E-state index contributed by atoms with van der Waals surface area (Å²) in [5.74, 6) is 1.26. The normalized spacial score (nSPS) is 14.1. The molecule has 0 unspecified atom stereocenters. The molecule has 1 saturated heterocycles. The van der Waals surface area contributed by atoms with Gasteiger partial charge in [0.25, 0.3) is 0 Å². The molecule has 0 atom stereocenters. The number of aryl methyl sites for hydroxylation is 3. The van der Waals surface area contributed by atoms with Crippen molar-refractivity contribution in [1.82, 2.24) is 9.88 Å². The molecule has 5 rings (SSSR count). The Hall–Kier alpha value is -3.90. The number of nitrogens with zero attached hydrogens (tertiary/aromatic N) is 3. The molecule has 6 heteroatoms. The number of aromatic nitrogens is 1. The number of nitrogens with one attached hydrogen (secondary N) is 1. The van der Waals surface area contributed by atoms with Gasteiger partial charge in [-0.05, 0) is 60.9 Å². The molecule has 0 radical (unpaired) electrons. The maximum Gasteiger partial charge on any atom is 0.224 e. The van der Waals surface area contributed by atoms with Gasteiger partial charge in [0.1, 0.15) is 0 Å². The highest BCUT2D eigenvalue weighted by molar-refractivity contribution is 5.91. The number of benzene rings is 3. The van der Waals surface area contributed by atoms with Gasteiger partial charge < -0.3 is 14.6 Å². The summed E-state index contributed by atoms with van der Waals surface area (Å²) >= 11 is 0. The number of rotatable bonds is 8. The minimum absolute atomic E-state index is 0.0480. The smallest absolute Gasteiger partial charge is 0.224 e. The van der Waals surface area contributed by atoms with Gasteiger partial charge >= 0.3 is 0 Å². The summed E-state index contributed by atoms with van der Waals surface area (Å²) in [5, 5.41) is 2.99. The lowest BCUT2D eigenvalue weighted by molar-refractivity contribution is -0.116. The number of piperazine rings is 1. The van der Waals surface area contributed by atoms with Crippen LogP contribution in [0.4, 0.5) is 11.4 Å². The molecular formula is C31H34N4O2. The average molecular weight is 495 g/mol.